The first-order valence-corrected chi connectivity index (χ1v) is 6.54. The molecule has 0 aliphatic rings. The normalized spacial score (nSPS) is 10.6. The number of anilines is 2. The highest BCUT2D eigenvalue weighted by molar-refractivity contribution is 6.14. The number of hydrogen-bond donors (Lipinski definition) is 2. The molecule has 1 amide bonds. The molecule has 0 fully saturated rings. The van der Waals surface area contributed by atoms with Gasteiger partial charge in [-0.3, -0.25) is 9.48 Å². The van der Waals surface area contributed by atoms with Crippen molar-refractivity contribution in [3.05, 3.63) is 48.4 Å². The van der Waals surface area contributed by atoms with Gasteiger partial charge in [0.05, 0.1) is 17.4 Å². The van der Waals surface area contributed by atoms with Crippen molar-refractivity contribution < 1.29 is 4.79 Å². The molecule has 0 spiro atoms. The molecule has 1 aromatic carbocycles. The highest BCUT2D eigenvalue weighted by Gasteiger charge is 2.13. The molecule has 3 rings (SSSR count). The van der Waals surface area contributed by atoms with Crippen LogP contribution in [0.15, 0.2) is 42.9 Å². The van der Waals surface area contributed by atoms with E-state index in [-0.39, 0.29) is 5.91 Å². The number of amides is 1. The van der Waals surface area contributed by atoms with E-state index in [1.807, 2.05) is 31.3 Å². The summed E-state index contributed by atoms with van der Waals surface area (Å²) in [6.07, 6.45) is 4.94. The van der Waals surface area contributed by atoms with Crippen LogP contribution in [0.2, 0.25) is 0 Å². The molecule has 0 saturated carbocycles. The SMILES string of the molecule is CNc1ncc(C(=O)Nc2cnn(C)c2)c2ccccc12. The Morgan fingerprint density at radius 3 is 2.62 bits per heavy atom. The van der Waals surface area contributed by atoms with Crippen molar-refractivity contribution in [2.24, 2.45) is 7.05 Å². The molecular weight excluding hydrogens is 266 g/mol. The molecule has 0 radical (unpaired) electrons. The summed E-state index contributed by atoms with van der Waals surface area (Å²) in [4.78, 5) is 16.7. The van der Waals surface area contributed by atoms with E-state index in [2.05, 4.69) is 20.7 Å². The Bertz CT molecular complexity index is 809. The fraction of sp³-hybridized carbons (Fsp3) is 0.133. The number of carbonyl (C=O) groups excluding carboxylic acids is 1. The first-order chi connectivity index (χ1) is 10.2. The minimum atomic E-state index is -0.200. The van der Waals surface area contributed by atoms with Gasteiger partial charge in [-0.2, -0.15) is 5.10 Å². The standard InChI is InChI=1S/C15H15N5O/c1-16-14-12-6-4-3-5-11(12)13(8-17-14)15(21)19-10-7-18-20(2)9-10/h3-9H,1-2H3,(H,16,17)(H,19,21). The monoisotopic (exact) mass is 281 g/mol. The minimum Gasteiger partial charge on any atom is -0.373 e. The summed E-state index contributed by atoms with van der Waals surface area (Å²) in [5.74, 6) is 0.554. The van der Waals surface area contributed by atoms with Gasteiger partial charge in [0.15, 0.2) is 0 Å². The van der Waals surface area contributed by atoms with Gasteiger partial charge < -0.3 is 10.6 Å². The zero-order valence-electron chi connectivity index (χ0n) is 11.8. The summed E-state index contributed by atoms with van der Waals surface area (Å²) in [6, 6.07) is 7.68. The maximum absolute atomic E-state index is 12.4. The van der Waals surface area contributed by atoms with Gasteiger partial charge in [0.25, 0.3) is 5.91 Å². The number of carbonyl (C=O) groups is 1. The van der Waals surface area contributed by atoms with Crippen molar-refractivity contribution in [3.63, 3.8) is 0 Å². The van der Waals surface area contributed by atoms with E-state index < -0.39 is 0 Å². The van der Waals surface area contributed by atoms with Crippen LogP contribution in [-0.4, -0.2) is 27.7 Å². The van der Waals surface area contributed by atoms with Gasteiger partial charge in [0.2, 0.25) is 0 Å². The van der Waals surface area contributed by atoms with Crippen molar-refractivity contribution in [2.75, 3.05) is 17.7 Å². The predicted octanol–water partition coefficient (Wildman–Crippen LogP) is 2.26. The number of aromatic nitrogens is 3. The number of fused-ring (bicyclic) bond motifs is 1. The van der Waals surface area contributed by atoms with Crippen molar-refractivity contribution in [1.82, 2.24) is 14.8 Å². The Morgan fingerprint density at radius 2 is 1.95 bits per heavy atom. The third kappa shape index (κ3) is 2.43. The summed E-state index contributed by atoms with van der Waals surface area (Å²) >= 11 is 0. The molecule has 2 heterocycles. The van der Waals surface area contributed by atoms with Gasteiger partial charge in [-0.15, -0.1) is 0 Å². The second kappa shape index (κ2) is 5.24. The van der Waals surface area contributed by atoms with Crippen LogP contribution < -0.4 is 10.6 Å². The number of nitrogens with one attached hydrogen (secondary N) is 2. The molecule has 0 atom stereocenters. The first-order valence-electron chi connectivity index (χ1n) is 6.54. The third-order valence-corrected chi connectivity index (χ3v) is 3.24. The van der Waals surface area contributed by atoms with Crippen LogP contribution in [0, 0.1) is 0 Å². The van der Waals surface area contributed by atoms with Gasteiger partial charge in [0, 0.05) is 31.9 Å². The molecule has 3 aromatic rings. The van der Waals surface area contributed by atoms with Gasteiger partial charge >= 0.3 is 0 Å². The molecule has 21 heavy (non-hydrogen) atoms. The fourth-order valence-electron chi connectivity index (χ4n) is 2.26. The lowest BCUT2D eigenvalue weighted by Crippen LogP contribution is -2.13. The maximum Gasteiger partial charge on any atom is 0.257 e. The topological polar surface area (TPSA) is 71.8 Å². The smallest absolute Gasteiger partial charge is 0.257 e. The molecule has 0 bridgehead atoms. The Hall–Kier alpha value is -2.89. The van der Waals surface area contributed by atoms with E-state index in [1.54, 1.807) is 30.3 Å². The Kier molecular flexibility index (Phi) is 3.27. The highest BCUT2D eigenvalue weighted by atomic mass is 16.1. The zero-order chi connectivity index (χ0) is 14.8. The van der Waals surface area contributed by atoms with Crippen LogP contribution in [-0.2, 0) is 7.05 Å². The Morgan fingerprint density at radius 1 is 1.19 bits per heavy atom. The quantitative estimate of drug-likeness (QED) is 0.772. The average molecular weight is 281 g/mol. The van der Waals surface area contributed by atoms with Crippen LogP contribution in [0.1, 0.15) is 10.4 Å². The van der Waals surface area contributed by atoms with Crippen molar-refractivity contribution in [3.8, 4) is 0 Å². The van der Waals surface area contributed by atoms with Gasteiger partial charge in [0.1, 0.15) is 5.82 Å². The number of aryl methyl sites for hydroxylation is 1. The van der Waals surface area contributed by atoms with Crippen molar-refractivity contribution in [1.29, 1.82) is 0 Å². The summed E-state index contributed by atoms with van der Waals surface area (Å²) in [7, 11) is 3.61. The molecule has 6 heteroatoms. The van der Waals surface area contributed by atoms with Gasteiger partial charge in [-0.25, -0.2) is 4.98 Å². The molecule has 2 N–H and O–H groups in total. The lowest BCUT2D eigenvalue weighted by Gasteiger charge is -2.09. The van der Waals surface area contributed by atoms with Crippen LogP contribution in [0.5, 0.6) is 0 Å². The predicted molar refractivity (Wildman–Crippen MR) is 82.5 cm³/mol. The molecule has 6 nitrogen and oxygen atoms in total. The van der Waals surface area contributed by atoms with Gasteiger partial charge in [-0.05, 0) is 5.39 Å². The number of rotatable bonds is 3. The minimum absolute atomic E-state index is 0.200. The van der Waals surface area contributed by atoms with Crippen LogP contribution in [0.25, 0.3) is 10.8 Å². The number of pyridine rings is 1. The zero-order valence-corrected chi connectivity index (χ0v) is 11.8. The lowest BCUT2D eigenvalue weighted by molar-refractivity contribution is 0.102. The van der Waals surface area contributed by atoms with Crippen molar-refractivity contribution in [2.45, 2.75) is 0 Å². The number of nitrogens with zero attached hydrogens (tertiary/aromatic N) is 3. The second-order valence-corrected chi connectivity index (χ2v) is 4.67. The van der Waals surface area contributed by atoms with Crippen LogP contribution in [0.4, 0.5) is 11.5 Å². The van der Waals surface area contributed by atoms with E-state index in [1.165, 1.54) is 0 Å². The molecule has 0 saturated heterocycles. The fourth-order valence-corrected chi connectivity index (χ4v) is 2.26. The van der Waals surface area contributed by atoms with Gasteiger partial charge in [-0.1, -0.05) is 24.3 Å². The Balaban J connectivity index is 2.02. The lowest BCUT2D eigenvalue weighted by atomic mass is 10.1. The molecular formula is C15H15N5O. The number of benzene rings is 1. The highest BCUT2D eigenvalue weighted by Crippen LogP contribution is 2.24. The molecule has 106 valence electrons. The van der Waals surface area contributed by atoms with E-state index >= 15 is 0 Å². The third-order valence-electron chi connectivity index (χ3n) is 3.24. The maximum atomic E-state index is 12.4. The van der Waals surface area contributed by atoms with E-state index in [0.29, 0.717) is 11.3 Å². The van der Waals surface area contributed by atoms with E-state index in [9.17, 15) is 4.79 Å². The summed E-state index contributed by atoms with van der Waals surface area (Å²) in [6.45, 7) is 0. The molecule has 0 aliphatic carbocycles. The largest absolute Gasteiger partial charge is 0.373 e. The molecule has 2 aromatic heterocycles. The van der Waals surface area contributed by atoms with E-state index in [4.69, 9.17) is 0 Å². The summed E-state index contributed by atoms with van der Waals surface area (Å²) in [5.41, 5.74) is 1.19. The van der Waals surface area contributed by atoms with Crippen LogP contribution in [0.3, 0.4) is 0 Å². The second-order valence-electron chi connectivity index (χ2n) is 4.67. The average Bonchev–Trinajstić information content (AvgIpc) is 2.91. The first kappa shape index (κ1) is 13.1. The molecule has 0 unspecified atom stereocenters. The van der Waals surface area contributed by atoms with Crippen LogP contribution >= 0.6 is 0 Å². The summed E-state index contributed by atoms with van der Waals surface area (Å²) < 4.78 is 1.63. The molecule has 0 aliphatic heterocycles. The number of hydrogen-bond acceptors (Lipinski definition) is 4. The summed E-state index contributed by atoms with van der Waals surface area (Å²) in [5, 5.41) is 11.7. The van der Waals surface area contributed by atoms with E-state index in [0.717, 1.165) is 16.6 Å². The van der Waals surface area contributed by atoms with Crippen molar-refractivity contribution >= 4 is 28.2 Å². The Labute approximate surface area is 121 Å².